The molecule has 7 heteroatoms. The standard InChI is InChI=1S/C21H25ClN2O3S/c1-16-9-10-18(14-20(16)28(26,27)24-11-4-3-5-12-24)21(25)23(2)15-17-7-6-8-19(22)13-17/h6-10,13-14H,3-5,11-12,15H2,1-2H3. The van der Waals surface area contributed by atoms with Crippen LogP contribution in [0.3, 0.4) is 0 Å². The lowest BCUT2D eigenvalue weighted by atomic mass is 10.1. The van der Waals surface area contributed by atoms with Gasteiger partial charge < -0.3 is 4.90 Å². The van der Waals surface area contributed by atoms with E-state index in [0.717, 1.165) is 24.8 Å². The molecule has 0 bridgehead atoms. The van der Waals surface area contributed by atoms with E-state index in [9.17, 15) is 13.2 Å². The number of halogens is 1. The molecule has 28 heavy (non-hydrogen) atoms. The third-order valence-corrected chi connectivity index (χ3v) is 7.30. The van der Waals surface area contributed by atoms with Crippen molar-refractivity contribution in [2.75, 3.05) is 20.1 Å². The number of hydrogen-bond acceptors (Lipinski definition) is 3. The predicted octanol–water partition coefficient (Wildman–Crippen LogP) is 4.10. The quantitative estimate of drug-likeness (QED) is 0.731. The average molecular weight is 421 g/mol. The van der Waals surface area contributed by atoms with Crippen molar-refractivity contribution in [3.8, 4) is 0 Å². The molecule has 0 unspecified atom stereocenters. The first-order valence-corrected chi connectivity index (χ1v) is 11.2. The van der Waals surface area contributed by atoms with Gasteiger partial charge in [-0.3, -0.25) is 4.79 Å². The molecule has 0 saturated carbocycles. The third kappa shape index (κ3) is 4.57. The molecule has 5 nitrogen and oxygen atoms in total. The highest BCUT2D eigenvalue weighted by Crippen LogP contribution is 2.25. The van der Waals surface area contributed by atoms with Crippen LogP contribution >= 0.6 is 11.6 Å². The Morgan fingerprint density at radius 1 is 1.11 bits per heavy atom. The summed E-state index contributed by atoms with van der Waals surface area (Å²) in [5.74, 6) is -0.227. The van der Waals surface area contributed by atoms with Gasteiger partial charge in [0.05, 0.1) is 4.90 Å². The molecule has 3 rings (SSSR count). The molecule has 1 heterocycles. The smallest absolute Gasteiger partial charge is 0.253 e. The Morgan fingerprint density at radius 3 is 2.50 bits per heavy atom. The largest absolute Gasteiger partial charge is 0.337 e. The van der Waals surface area contributed by atoms with E-state index in [1.807, 2.05) is 18.2 Å². The van der Waals surface area contributed by atoms with Crippen LogP contribution in [0, 0.1) is 6.92 Å². The fourth-order valence-corrected chi connectivity index (χ4v) is 5.44. The second-order valence-corrected chi connectivity index (χ2v) is 9.58. The Labute approximate surface area is 172 Å². The van der Waals surface area contributed by atoms with E-state index in [0.29, 0.717) is 35.8 Å². The summed E-state index contributed by atoms with van der Waals surface area (Å²) in [5, 5.41) is 0.614. The van der Waals surface area contributed by atoms with Crippen molar-refractivity contribution in [2.24, 2.45) is 0 Å². The van der Waals surface area contributed by atoms with E-state index in [2.05, 4.69) is 0 Å². The minimum Gasteiger partial charge on any atom is -0.337 e. The molecule has 1 amide bonds. The lowest BCUT2D eigenvalue weighted by Gasteiger charge is -2.27. The van der Waals surface area contributed by atoms with Gasteiger partial charge in [0.1, 0.15) is 0 Å². The van der Waals surface area contributed by atoms with E-state index in [1.54, 1.807) is 37.1 Å². The first kappa shape index (κ1) is 20.8. The highest BCUT2D eigenvalue weighted by Gasteiger charge is 2.28. The molecule has 0 atom stereocenters. The Bertz CT molecular complexity index is 969. The van der Waals surface area contributed by atoms with Crippen molar-refractivity contribution >= 4 is 27.5 Å². The second-order valence-electron chi connectivity index (χ2n) is 7.24. The van der Waals surface area contributed by atoms with Crippen molar-refractivity contribution in [2.45, 2.75) is 37.6 Å². The van der Waals surface area contributed by atoms with Crippen molar-refractivity contribution in [1.82, 2.24) is 9.21 Å². The van der Waals surface area contributed by atoms with Gasteiger partial charge in [-0.15, -0.1) is 0 Å². The zero-order valence-corrected chi connectivity index (χ0v) is 17.8. The van der Waals surface area contributed by atoms with E-state index in [4.69, 9.17) is 11.6 Å². The van der Waals surface area contributed by atoms with E-state index >= 15 is 0 Å². The van der Waals surface area contributed by atoms with Crippen LogP contribution in [0.5, 0.6) is 0 Å². The van der Waals surface area contributed by atoms with Crippen LogP contribution in [0.4, 0.5) is 0 Å². The average Bonchev–Trinajstić information content (AvgIpc) is 2.68. The predicted molar refractivity (Wildman–Crippen MR) is 111 cm³/mol. The Kier molecular flexibility index (Phi) is 6.43. The first-order valence-electron chi connectivity index (χ1n) is 9.40. The van der Waals surface area contributed by atoms with Crippen molar-refractivity contribution < 1.29 is 13.2 Å². The summed E-state index contributed by atoms with van der Waals surface area (Å²) in [6, 6.07) is 12.2. The van der Waals surface area contributed by atoms with Crippen LogP contribution in [-0.4, -0.2) is 43.7 Å². The Balaban J connectivity index is 1.84. The Hall–Kier alpha value is -1.89. The molecule has 1 saturated heterocycles. The van der Waals surface area contributed by atoms with Gasteiger partial charge in [-0.05, 0) is 55.2 Å². The molecule has 1 aliphatic heterocycles. The number of piperidine rings is 1. The van der Waals surface area contributed by atoms with Crippen LogP contribution in [-0.2, 0) is 16.6 Å². The van der Waals surface area contributed by atoms with Crippen LogP contribution in [0.15, 0.2) is 47.4 Å². The molecule has 150 valence electrons. The van der Waals surface area contributed by atoms with Gasteiger partial charge in [0.2, 0.25) is 10.0 Å². The van der Waals surface area contributed by atoms with Crippen LogP contribution in [0.2, 0.25) is 5.02 Å². The third-order valence-electron chi connectivity index (χ3n) is 5.02. The summed E-state index contributed by atoms with van der Waals surface area (Å²) < 4.78 is 27.7. The lowest BCUT2D eigenvalue weighted by molar-refractivity contribution is 0.0785. The number of amides is 1. The number of carbonyl (C=O) groups excluding carboxylic acids is 1. The molecule has 0 N–H and O–H groups in total. The highest BCUT2D eigenvalue weighted by atomic mass is 35.5. The molecule has 2 aromatic carbocycles. The van der Waals surface area contributed by atoms with Gasteiger partial charge in [-0.1, -0.05) is 36.2 Å². The number of nitrogens with zero attached hydrogens (tertiary/aromatic N) is 2. The normalized spacial score (nSPS) is 15.4. The number of benzene rings is 2. The van der Waals surface area contributed by atoms with Gasteiger partial charge in [0.15, 0.2) is 0 Å². The summed E-state index contributed by atoms with van der Waals surface area (Å²) in [5.41, 5.74) is 1.93. The number of rotatable bonds is 5. The fraction of sp³-hybridized carbons (Fsp3) is 0.381. The number of aryl methyl sites for hydroxylation is 1. The topological polar surface area (TPSA) is 57.7 Å². The van der Waals surface area contributed by atoms with E-state index in [-0.39, 0.29) is 10.8 Å². The molecule has 0 radical (unpaired) electrons. The second kappa shape index (κ2) is 8.64. The van der Waals surface area contributed by atoms with Crippen molar-refractivity contribution in [3.05, 3.63) is 64.2 Å². The zero-order valence-electron chi connectivity index (χ0n) is 16.2. The number of hydrogen-bond donors (Lipinski definition) is 0. The molecular formula is C21H25ClN2O3S. The summed E-state index contributed by atoms with van der Waals surface area (Å²) in [6.45, 7) is 3.23. The summed E-state index contributed by atoms with van der Waals surface area (Å²) in [4.78, 5) is 14.7. The summed E-state index contributed by atoms with van der Waals surface area (Å²) in [7, 11) is -1.90. The van der Waals surface area contributed by atoms with Crippen LogP contribution < -0.4 is 0 Å². The molecule has 0 aromatic heterocycles. The van der Waals surface area contributed by atoms with Crippen molar-refractivity contribution in [3.63, 3.8) is 0 Å². The van der Waals surface area contributed by atoms with Gasteiger partial charge in [-0.2, -0.15) is 4.31 Å². The first-order chi connectivity index (χ1) is 13.3. The monoisotopic (exact) mass is 420 g/mol. The van der Waals surface area contributed by atoms with Crippen molar-refractivity contribution in [1.29, 1.82) is 0 Å². The zero-order chi connectivity index (χ0) is 20.3. The summed E-state index contributed by atoms with van der Waals surface area (Å²) >= 11 is 6.01. The van der Waals surface area contributed by atoms with Gasteiger partial charge >= 0.3 is 0 Å². The maximum absolute atomic E-state index is 13.1. The fourth-order valence-electron chi connectivity index (χ4n) is 3.46. The molecule has 1 fully saturated rings. The molecule has 2 aromatic rings. The highest BCUT2D eigenvalue weighted by molar-refractivity contribution is 7.89. The Morgan fingerprint density at radius 2 is 1.82 bits per heavy atom. The molecular weight excluding hydrogens is 396 g/mol. The van der Waals surface area contributed by atoms with E-state index in [1.165, 1.54) is 10.4 Å². The number of carbonyl (C=O) groups is 1. The maximum atomic E-state index is 13.1. The molecule has 0 aliphatic carbocycles. The molecule has 1 aliphatic rings. The van der Waals surface area contributed by atoms with Gasteiger partial charge in [0.25, 0.3) is 5.91 Å². The lowest BCUT2D eigenvalue weighted by Crippen LogP contribution is -2.36. The SMILES string of the molecule is Cc1ccc(C(=O)N(C)Cc2cccc(Cl)c2)cc1S(=O)(=O)N1CCCCC1. The van der Waals surface area contributed by atoms with Gasteiger partial charge in [0, 0.05) is 37.3 Å². The van der Waals surface area contributed by atoms with E-state index < -0.39 is 10.0 Å². The maximum Gasteiger partial charge on any atom is 0.253 e. The van der Waals surface area contributed by atoms with Crippen LogP contribution in [0.1, 0.15) is 40.7 Å². The van der Waals surface area contributed by atoms with Crippen LogP contribution in [0.25, 0.3) is 0 Å². The molecule has 0 spiro atoms. The summed E-state index contributed by atoms with van der Waals surface area (Å²) in [6.07, 6.45) is 2.80. The van der Waals surface area contributed by atoms with Gasteiger partial charge in [-0.25, -0.2) is 8.42 Å². The minimum atomic E-state index is -3.59. The number of sulfonamides is 1. The minimum absolute atomic E-state index is 0.219.